The summed E-state index contributed by atoms with van der Waals surface area (Å²) in [7, 11) is 0.0873. The summed E-state index contributed by atoms with van der Waals surface area (Å²) >= 11 is 0. The van der Waals surface area contributed by atoms with E-state index in [1.54, 1.807) is 12.1 Å². The van der Waals surface area contributed by atoms with E-state index in [9.17, 15) is 13.2 Å². The Balaban J connectivity index is 1.71. The molecule has 0 unspecified atom stereocenters. The highest BCUT2D eigenvalue weighted by atomic mass is 32.2. The number of benzene rings is 2. The molecule has 0 aromatic heterocycles. The number of carbonyl (C=O) groups excluding carboxylic acids is 1. The minimum atomic E-state index is -3.28. The van der Waals surface area contributed by atoms with Crippen LogP contribution in [0.25, 0.3) is 0 Å². The van der Waals surface area contributed by atoms with Gasteiger partial charge in [0.25, 0.3) is 0 Å². The minimum Gasteiger partial charge on any atom is -0.373 e. The van der Waals surface area contributed by atoms with E-state index in [-0.39, 0.29) is 11.8 Å². The van der Waals surface area contributed by atoms with Crippen molar-refractivity contribution in [1.29, 1.82) is 0 Å². The second-order valence-electron chi connectivity index (χ2n) is 6.15. The smallest absolute Gasteiger partial charge is 0.315 e. The van der Waals surface area contributed by atoms with Gasteiger partial charge in [-0.15, -0.1) is 0 Å². The number of sulfonamides is 1. The number of likely N-dealkylation sites (N-methyl/N-ethyl adjacent to an activating group) is 1. The van der Waals surface area contributed by atoms with E-state index < -0.39 is 10.0 Å². The van der Waals surface area contributed by atoms with Gasteiger partial charge in [-0.2, -0.15) is 0 Å². The lowest BCUT2D eigenvalue weighted by Gasteiger charge is -2.19. The molecular formula is C19H26N4O3S. The maximum Gasteiger partial charge on any atom is 0.315 e. The number of urea groups is 1. The van der Waals surface area contributed by atoms with Gasteiger partial charge >= 0.3 is 6.03 Å². The van der Waals surface area contributed by atoms with Crippen LogP contribution in [-0.2, 0) is 22.3 Å². The molecule has 2 amide bonds. The number of hydrogen-bond donors (Lipinski definition) is 3. The van der Waals surface area contributed by atoms with Crippen LogP contribution in [0, 0.1) is 0 Å². The molecule has 0 saturated carbocycles. The van der Waals surface area contributed by atoms with Crippen LogP contribution in [0.2, 0.25) is 0 Å². The minimum absolute atomic E-state index is 0.0629. The summed E-state index contributed by atoms with van der Waals surface area (Å²) < 4.78 is 25.3. The highest BCUT2D eigenvalue weighted by Crippen LogP contribution is 2.10. The van der Waals surface area contributed by atoms with E-state index in [4.69, 9.17) is 0 Å². The Morgan fingerprint density at radius 3 is 2.22 bits per heavy atom. The van der Waals surface area contributed by atoms with E-state index in [2.05, 4.69) is 20.3 Å². The van der Waals surface area contributed by atoms with Crippen LogP contribution in [0.3, 0.4) is 0 Å². The molecule has 2 aromatic rings. The van der Waals surface area contributed by atoms with E-state index in [1.807, 2.05) is 49.5 Å². The first-order chi connectivity index (χ1) is 12.9. The molecule has 0 fully saturated rings. The van der Waals surface area contributed by atoms with Crippen LogP contribution in [0.5, 0.6) is 0 Å². The molecule has 0 spiro atoms. The Kier molecular flexibility index (Phi) is 7.63. The van der Waals surface area contributed by atoms with Crippen molar-refractivity contribution in [2.24, 2.45) is 0 Å². The van der Waals surface area contributed by atoms with Gasteiger partial charge in [0.15, 0.2) is 0 Å². The molecule has 27 heavy (non-hydrogen) atoms. The lowest BCUT2D eigenvalue weighted by Crippen LogP contribution is -2.39. The van der Waals surface area contributed by atoms with E-state index >= 15 is 0 Å². The topological polar surface area (TPSA) is 90.5 Å². The summed E-state index contributed by atoms with van der Waals surface area (Å²) in [4.78, 5) is 14.0. The fraction of sp³-hybridized carbons (Fsp3) is 0.316. The van der Waals surface area contributed by atoms with Crippen molar-refractivity contribution in [2.75, 3.05) is 32.1 Å². The summed E-state index contributed by atoms with van der Waals surface area (Å²) in [5, 5.41) is 5.62. The number of amides is 2. The molecule has 7 nitrogen and oxygen atoms in total. The Hall–Kier alpha value is -2.58. The zero-order valence-electron chi connectivity index (χ0n) is 15.6. The quantitative estimate of drug-likeness (QED) is 0.608. The third-order valence-corrected chi connectivity index (χ3v) is 5.41. The highest BCUT2D eigenvalue weighted by Gasteiger charge is 2.08. The first-order valence-electron chi connectivity index (χ1n) is 8.66. The molecule has 146 valence electrons. The fourth-order valence-corrected chi connectivity index (χ4v) is 3.21. The van der Waals surface area contributed by atoms with Gasteiger partial charge in [0, 0.05) is 32.4 Å². The molecule has 2 rings (SSSR count). The van der Waals surface area contributed by atoms with Crippen molar-refractivity contribution in [1.82, 2.24) is 15.4 Å². The number of carbonyl (C=O) groups is 1. The SMILES string of the molecule is CNS(=O)(=O)Cc1ccc(CNC(=O)NCCN(C)c2ccccc2)cc1. The molecule has 0 radical (unpaired) electrons. The first-order valence-corrected chi connectivity index (χ1v) is 10.3. The van der Waals surface area contributed by atoms with Crippen LogP contribution in [0.4, 0.5) is 10.5 Å². The van der Waals surface area contributed by atoms with Crippen LogP contribution in [0.15, 0.2) is 54.6 Å². The van der Waals surface area contributed by atoms with Gasteiger partial charge < -0.3 is 15.5 Å². The van der Waals surface area contributed by atoms with Gasteiger partial charge in [-0.25, -0.2) is 17.9 Å². The highest BCUT2D eigenvalue weighted by molar-refractivity contribution is 7.88. The average molecular weight is 391 g/mol. The van der Waals surface area contributed by atoms with Gasteiger partial charge in [-0.05, 0) is 30.3 Å². The van der Waals surface area contributed by atoms with Gasteiger partial charge in [0.05, 0.1) is 5.75 Å². The van der Waals surface area contributed by atoms with Gasteiger partial charge in [0.1, 0.15) is 0 Å². The second kappa shape index (κ2) is 9.94. The lowest BCUT2D eigenvalue weighted by atomic mass is 10.1. The molecule has 0 aliphatic rings. The first kappa shape index (κ1) is 20.7. The second-order valence-corrected chi connectivity index (χ2v) is 8.07. The Bertz CT molecular complexity index is 824. The molecule has 0 saturated heterocycles. The van der Waals surface area contributed by atoms with Gasteiger partial charge in [-0.3, -0.25) is 0 Å². The molecule has 0 aliphatic carbocycles. The molecule has 8 heteroatoms. The van der Waals surface area contributed by atoms with Crippen molar-refractivity contribution < 1.29 is 13.2 Å². The van der Waals surface area contributed by atoms with E-state index in [0.717, 1.165) is 11.3 Å². The van der Waals surface area contributed by atoms with Crippen LogP contribution < -0.4 is 20.3 Å². The van der Waals surface area contributed by atoms with Crippen molar-refractivity contribution >= 4 is 21.7 Å². The fourth-order valence-electron chi connectivity index (χ4n) is 2.44. The molecule has 0 aliphatic heterocycles. The summed E-state index contributed by atoms with van der Waals surface area (Å²) in [5.74, 6) is -0.0629. The third-order valence-electron chi connectivity index (χ3n) is 4.07. The summed E-state index contributed by atoms with van der Waals surface area (Å²) in [5.41, 5.74) is 2.69. The predicted octanol–water partition coefficient (Wildman–Crippen LogP) is 1.67. The Morgan fingerprint density at radius 1 is 0.963 bits per heavy atom. The van der Waals surface area contributed by atoms with Crippen molar-refractivity contribution in [2.45, 2.75) is 12.3 Å². The number of hydrogen-bond acceptors (Lipinski definition) is 4. The Labute approximate surface area is 160 Å². The predicted molar refractivity (Wildman–Crippen MR) is 108 cm³/mol. The van der Waals surface area contributed by atoms with Gasteiger partial charge in [-0.1, -0.05) is 42.5 Å². The van der Waals surface area contributed by atoms with Crippen molar-refractivity contribution in [3.8, 4) is 0 Å². The normalized spacial score (nSPS) is 11.0. The molecule has 2 aromatic carbocycles. The van der Waals surface area contributed by atoms with E-state index in [0.29, 0.717) is 25.2 Å². The summed E-state index contributed by atoms with van der Waals surface area (Å²) in [6.07, 6.45) is 0. The maximum absolute atomic E-state index is 11.9. The number of anilines is 1. The number of rotatable bonds is 9. The summed E-state index contributed by atoms with van der Waals surface area (Å²) in [6, 6.07) is 16.8. The molecule has 3 N–H and O–H groups in total. The standard InChI is InChI=1S/C19H26N4O3S/c1-20-27(25,26)15-17-10-8-16(9-11-17)14-22-19(24)21-12-13-23(2)18-6-4-3-5-7-18/h3-11,20H,12-15H2,1-2H3,(H2,21,22,24). The lowest BCUT2D eigenvalue weighted by molar-refractivity contribution is 0.241. The van der Waals surface area contributed by atoms with Gasteiger partial charge in [0.2, 0.25) is 10.0 Å². The van der Waals surface area contributed by atoms with Crippen LogP contribution in [0.1, 0.15) is 11.1 Å². The van der Waals surface area contributed by atoms with E-state index in [1.165, 1.54) is 7.05 Å². The third kappa shape index (κ3) is 7.28. The Morgan fingerprint density at radius 2 is 1.59 bits per heavy atom. The zero-order valence-corrected chi connectivity index (χ0v) is 16.4. The van der Waals surface area contributed by atoms with Crippen LogP contribution >= 0.6 is 0 Å². The average Bonchev–Trinajstić information content (AvgIpc) is 2.68. The monoisotopic (exact) mass is 390 g/mol. The number of nitrogens with one attached hydrogen (secondary N) is 3. The number of nitrogens with zero attached hydrogens (tertiary/aromatic N) is 1. The summed E-state index contributed by atoms with van der Waals surface area (Å²) in [6.45, 7) is 1.60. The zero-order chi connectivity index (χ0) is 19.7. The molecule has 0 bridgehead atoms. The molecular weight excluding hydrogens is 364 g/mol. The van der Waals surface area contributed by atoms with Crippen LogP contribution in [-0.4, -0.2) is 41.6 Å². The van der Waals surface area contributed by atoms with Crippen molar-refractivity contribution in [3.05, 3.63) is 65.7 Å². The number of para-hydroxylation sites is 1. The maximum atomic E-state index is 11.9. The van der Waals surface area contributed by atoms with Crippen molar-refractivity contribution in [3.63, 3.8) is 0 Å². The largest absolute Gasteiger partial charge is 0.373 e. The molecule has 0 atom stereocenters. The molecule has 0 heterocycles.